The largest absolute Gasteiger partial charge is 0.450 e. The molecule has 1 atom stereocenters. The minimum Gasteiger partial charge on any atom is -0.450 e. The molecule has 0 spiro atoms. The van der Waals surface area contributed by atoms with Crippen molar-refractivity contribution in [2.45, 2.75) is 26.7 Å². The molecule has 1 aromatic rings. The van der Waals surface area contributed by atoms with E-state index < -0.39 is 6.09 Å². The predicted molar refractivity (Wildman–Crippen MR) is 75.5 cm³/mol. The topological polar surface area (TPSA) is 54.5 Å². The van der Waals surface area contributed by atoms with E-state index >= 15 is 0 Å². The van der Waals surface area contributed by atoms with Crippen molar-refractivity contribution in [2.24, 2.45) is 5.92 Å². The van der Waals surface area contributed by atoms with Crippen molar-refractivity contribution < 1.29 is 9.53 Å². The van der Waals surface area contributed by atoms with Crippen LogP contribution in [-0.4, -0.2) is 30.8 Å². The molecule has 5 heteroatoms. The number of nitrogens with zero attached hydrogens (tertiary/aromatic N) is 2. The molecule has 2 rings (SSSR count). The Morgan fingerprint density at radius 1 is 1.58 bits per heavy atom. The van der Waals surface area contributed by atoms with Crippen LogP contribution in [0.3, 0.4) is 0 Å². The Morgan fingerprint density at radius 3 is 3.05 bits per heavy atom. The van der Waals surface area contributed by atoms with Crippen molar-refractivity contribution in [1.29, 1.82) is 0 Å². The summed E-state index contributed by atoms with van der Waals surface area (Å²) in [6.45, 7) is 6.56. The highest BCUT2D eigenvalue weighted by Gasteiger charge is 2.16. The standard InChI is InChI=1S/C14H21N3O2/c1-3-19-14(18)16-13-7-6-12(9-15-13)17-8-4-5-11(2)10-17/h6-7,9,11H,3-5,8,10H2,1-2H3,(H,15,16,18). The maximum atomic E-state index is 11.3. The Hall–Kier alpha value is -1.78. The van der Waals surface area contributed by atoms with Gasteiger partial charge in [0.25, 0.3) is 0 Å². The summed E-state index contributed by atoms with van der Waals surface area (Å²) < 4.78 is 4.81. The molecule has 1 N–H and O–H groups in total. The molecule has 0 saturated carbocycles. The van der Waals surface area contributed by atoms with Gasteiger partial charge < -0.3 is 9.64 Å². The molecular weight excluding hydrogens is 242 g/mol. The molecule has 1 unspecified atom stereocenters. The summed E-state index contributed by atoms with van der Waals surface area (Å²) >= 11 is 0. The van der Waals surface area contributed by atoms with E-state index in [1.807, 2.05) is 12.1 Å². The van der Waals surface area contributed by atoms with E-state index in [9.17, 15) is 4.79 Å². The van der Waals surface area contributed by atoms with Crippen LogP contribution in [0.25, 0.3) is 0 Å². The van der Waals surface area contributed by atoms with E-state index in [-0.39, 0.29) is 0 Å². The van der Waals surface area contributed by atoms with Crippen LogP contribution in [0.15, 0.2) is 18.3 Å². The molecule has 0 aromatic carbocycles. The summed E-state index contributed by atoms with van der Waals surface area (Å²) in [6.07, 6.45) is 3.87. The van der Waals surface area contributed by atoms with Crippen LogP contribution in [0, 0.1) is 5.92 Å². The normalized spacial score (nSPS) is 19.1. The molecule has 1 aromatic heterocycles. The van der Waals surface area contributed by atoms with E-state index in [0.29, 0.717) is 12.4 Å². The van der Waals surface area contributed by atoms with Gasteiger partial charge in [0.2, 0.25) is 0 Å². The molecule has 2 heterocycles. The van der Waals surface area contributed by atoms with E-state index in [4.69, 9.17) is 4.74 Å². The van der Waals surface area contributed by atoms with Gasteiger partial charge in [0.15, 0.2) is 0 Å². The SMILES string of the molecule is CCOC(=O)Nc1ccc(N2CCCC(C)C2)cn1. The first-order chi connectivity index (χ1) is 9.19. The zero-order chi connectivity index (χ0) is 13.7. The summed E-state index contributed by atoms with van der Waals surface area (Å²) in [6, 6.07) is 3.80. The number of carbonyl (C=O) groups is 1. The van der Waals surface area contributed by atoms with Gasteiger partial charge in [0, 0.05) is 13.1 Å². The first-order valence-electron chi connectivity index (χ1n) is 6.84. The van der Waals surface area contributed by atoms with Crippen molar-refractivity contribution in [2.75, 3.05) is 29.9 Å². The van der Waals surface area contributed by atoms with Crippen molar-refractivity contribution >= 4 is 17.6 Å². The molecule has 1 aliphatic rings. The van der Waals surface area contributed by atoms with Crippen molar-refractivity contribution in [1.82, 2.24) is 4.98 Å². The van der Waals surface area contributed by atoms with Crippen molar-refractivity contribution in [3.05, 3.63) is 18.3 Å². The molecule has 19 heavy (non-hydrogen) atoms. The Balaban J connectivity index is 1.96. The van der Waals surface area contributed by atoms with E-state index in [2.05, 4.69) is 22.1 Å². The Bertz CT molecular complexity index is 419. The highest BCUT2D eigenvalue weighted by atomic mass is 16.5. The fourth-order valence-corrected chi connectivity index (χ4v) is 2.34. The van der Waals surface area contributed by atoms with Gasteiger partial charge in [-0.1, -0.05) is 6.92 Å². The average Bonchev–Trinajstić information content (AvgIpc) is 2.40. The molecule has 1 aliphatic heterocycles. The number of amides is 1. The second-order valence-corrected chi connectivity index (χ2v) is 4.94. The lowest BCUT2D eigenvalue weighted by Gasteiger charge is -2.32. The van der Waals surface area contributed by atoms with Crippen LogP contribution in [-0.2, 0) is 4.74 Å². The summed E-state index contributed by atoms with van der Waals surface area (Å²) in [5, 5.41) is 2.59. The minimum atomic E-state index is -0.464. The predicted octanol–water partition coefficient (Wildman–Crippen LogP) is 2.89. The smallest absolute Gasteiger partial charge is 0.412 e. The third-order valence-corrected chi connectivity index (χ3v) is 3.28. The number of ether oxygens (including phenoxy) is 1. The number of piperidine rings is 1. The van der Waals surface area contributed by atoms with Crippen molar-refractivity contribution in [3.8, 4) is 0 Å². The summed E-state index contributed by atoms with van der Waals surface area (Å²) in [4.78, 5) is 17.8. The second kappa shape index (κ2) is 6.41. The molecule has 1 saturated heterocycles. The number of hydrogen-bond acceptors (Lipinski definition) is 4. The fourth-order valence-electron chi connectivity index (χ4n) is 2.34. The number of rotatable bonds is 3. The van der Waals surface area contributed by atoms with Gasteiger partial charge in [-0.3, -0.25) is 5.32 Å². The monoisotopic (exact) mass is 263 g/mol. The van der Waals surface area contributed by atoms with Crippen LogP contribution in [0.2, 0.25) is 0 Å². The average molecular weight is 263 g/mol. The third kappa shape index (κ3) is 3.84. The minimum absolute atomic E-state index is 0.357. The quantitative estimate of drug-likeness (QED) is 0.911. The number of pyridine rings is 1. The molecule has 0 radical (unpaired) electrons. The van der Waals surface area contributed by atoms with Gasteiger partial charge in [-0.2, -0.15) is 0 Å². The summed E-state index contributed by atoms with van der Waals surface area (Å²) in [5.41, 5.74) is 1.11. The summed E-state index contributed by atoms with van der Waals surface area (Å²) in [7, 11) is 0. The van der Waals surface area contributed by atoms with Crippen LogP contribution >= 0.6 is 0 Å². The molecule has 0 bridgehead atoms. The van der Waals surface area contributed by atoms with Gasteiger partial charge in [-0.15, -0.1) is 0 Å². The number of nitrogens with one attached hydrogen (secondary N) is 1. The Labute approximate surface area is 114 Å². The lowest BCUT2D eigenvalue weighted by molar-refractivity contribution is 0.168. The number of carbonyl (C=O) groups excluding carboxylic acids is 1. The maximum Gasteiger partial charge on any atom is 0.412 e. The summed E-state index contributed by atoms with van der Waals surface area (Å²) in [5.74, 6) is 1.25. The van der Waals surface area contributed by atoms with Gasteiger partial charge in [-0.05, 0) is 37.8 Å². The van der Waals surface area contributed by atoms with Crippen LogP contribution in [0.4, 0.5) is 16.3 Å². The van der Waals surface area contributed by atoms with Gasteiger partial charge in [0.1, 0.15) is 5.82 Å². The molecule has 104 valence electrons. The molecular formula is C14H21N3O2. The Kier molecular flexibility index (Phi) is 4.60. The van der Waals surface area contributed by atoms with E-state index in [1.54, 1.807) is 13.1 Å². The zero-order valence-corrected chi connectivity index (χ0v) is 11.6. The molecule has 0 aliphatic carbocycles. The first kappa shape index (κ1) is 13.6. The van der Waals surface area contributed by atoms with Gasteiger partial charge >= 0.3 is 6.09 Å². The first-order valence-corrected chi connectivity index (χ1v) is 6.84. The third-order valence-electron chi connectivity index (χ3n) is 3.28. The van der Waals surface area contributed by atoms with Crippen LogP contribution in [0.1, 0.15) is 26.7 Å². The van der Waals surface area contributed by atoms with E-state index in [0.717, 1.165) is 24.7 Å². The Morgan fingerprint density at radius 2 is 2.42 bits per heavy atom. The van der Waals surface area contributed by atoms with E-state index in [1.165, 1.54) is 12.8 Å². The molecule has 1 fully saturated rings. The second-order valence-electron chi connectivity index (χ2n) is 4.94. The maximum absolute atomic E-state index is 11.3. The molecule has 1 amide bonds. The van der Waals surface area contributed by atoms with Gasteiger partial charge in [-0.25, -0.2) is 9.78 Å². The highest BCUT2D eigenvalue weighted by molar-refractivity contribution is 5.83. The fraction of sp³-hybridized carbons (Fsp3) is 0.571. The number of anilines is 2. The zero-order valence-electron chi connectivity index (χ0n) is 11.6. The lowest BCUT2D eigenvalue weighted by atomic mass is 10.00. The lowest BCUT2D eigenvalue weighted by Crippen LogP contribution is -2.34. The molecule has 5 nitrogen and oxygen atoms in total. The number of aromatic nitrogens is 1. The van der Waals surface area contributed by atoms with Crippen LogP contribution in [0.5, 0.6) is 0 Å². The number of hydrogen-bond donors (Lipinski definition) is 1. The van der Waals surface area contributed by atoms with Gasteiger partial charge in [0.05, 0.1) is 18.5 Å². The highest BCUT2D eigenvalue weighted by Crippen LogP contribution is 2.22. The van der Waals surface area contributed by atoms with Crippen molar-refractivity contribution in [3.63, 3.8) is 0 Å². The van der Waals surface area contributed by atoms with Crippen LogP contribution < -0.4 is 10.2 Å².